The van der Waals surface area contributed by atoms with Crippen molar-refractivity contribution in [1.82, 2.24) is 9.97 Å². The van der Waals surface area contributed by atoms with Crippen molar-refractivity contribution in [1.29, 1.82) is 0 Å². The van der Waals surface area contributed by atoms with Crippen LogP contribution in [0.15, 0.2) is 9.59 Å². The molecule has 0 aliphatic carbocycles. The molecule has 0 aliphatic heterocycles. The van der Waals surface area contributed by atoms with Gasteiger partial charge in [0.25, 0.3) is 5.56 Å². The Balaban J connectivity index is 3.09. The van der Waals surface area contributed by atoms with Crippen molar-refractivity contribution in [3.63, 3.8) is 0 Å². The van der Waals surface area contributed by atoms with Gasteiger partial charge in [0.15, 0.2) is 0 Å². The smallest absolute Gasteiger partial charge is 0.325 e. The van der Waals surface area contributed by atoms with Crippen molar-refractivity contribution in [3.8, 4) is 0 Å². The summed E-state index contributed by atoms with van der Waals surface area (Å²) < 4.78 is 0. The normalized spacial score (nSPS) is 12.8. The van der Waals surface area contributed by atoms with Crippen molar-refractivity contribution in [2.75, 3.05) is 6.54 Å². The fraction of sp³-hybridized carbons (Fsp3) is 0.500. The Morgan fingerprint density at radius 2 is 2.07 bits per heavy atom. The van der Waals surface area contributed by atoms with Crippen molar-refractivity contribution >= 4 is 11.6 Å². The molecule has 0 saturated carbocycles. The summed E-state index contributed by atoms with van der Waals surface area (Å²) in [5.74, 6) is 0.171. The molecule has 0 saturated heterocycles. The summed E-state index contributed by atoms with van der Waals surface area (Å²) in [7, 11) is 0. The average Bonchev–Trinajstić information content (AvgIpc) is 2.13. The van der Waals surface area contributed by atoms with Gasteiger partial charge in [-0.25, -0.2) is 4.79 Å². The lowest BCUT2D eigenvalue weighted by molar-refractivity contribution is 0.581. The van der Waals surface area contributed by atoms with Crippen molar-refractivity contribution < 1.29 is 0 Å². The Hall–Kier alpha value is -1.07. The van der Waals surface area contributed by atoms with Crippen LogP contribution in [0.25, 0.3) is 0 Å². The molecule has 1 aromatic rings. The maximum Gasteiger partial charge on any atom is 0.325 e. The highest BCUT2D eigenvalue weighted by molar-refractivity contribution is 6.30. The lowest BCUT2D eigenvalue weighted by Gasteiger charge is -2.08. The van der Waals surface area contributed by atoms with E-state index in [2.05, 4.69) is 4.98 Å². The van der Waals surface area contributed by atoms with Gasteiger partial charge in [-0.3, -0.25) is 9.78 Å². The standard InChI is InChI=1S/C8H12ClN3O2/c1-4(3-10)2-5-6(9)7(13)12-8(14)11-5/h4H,2-3,10H2,1H3,(H2,11,12,13,14). The minimum atomic E-state index is -0.561. The van der Waals surface area contributed by atoms with Crippen molar-refractivity contribution in [2.45, 2.75) is 13.3 Å². The van der Waals surface area contributed by atoms with Crippen LogP contribution in [-0.2, 0) is 6.42 Å². The summed E-state index contributed by atoms with van der Waals surface area (Å²) in [6.45, 7) is 2.39. The van der Waals surface area contributed by atoms with E-state index in [0.29, 0.717) is 18.7 Å². The largest absolute Gasteiger partial charge is 0.330 e. The van der Waals surface area contributed by atoms with Gasteiger partial charge in [-0.05, 0) is 18.9 Å². The van der Waals surface area contributed by atoms with Crippen LogP contribution in [0.1, 0.15) is 12.6 Å². The molecule has 0 bridgehead atoms. The lowest BCUT2D eigenvalue weighted by Crippen LogP contribution is -2.26. The minimum absolute atomic E-state index is 0.0323. The fourth-order valence-corrected chi connectivity index (χ4v) is 1.26. The molecule has 4 N–H and O–H groups in total. The van der Waals surface area contributed by atoms with Crippen LogP contribution in [0.4, 0.5) is 0 Å². The first-order valence-electron chi connectivity index (χ1n) is 4.25. The van der Waals surface area contributed by atoms with Gasteiger partial charge in [-0.15, -0.1) is 0 Å². The summed E-state index contributed by atoms with van der Waals surface area (Å²) in [4.78, 5) is 26.5. The third-order valence-corrected chi connectivity index (χ3v) is 2.31. The maximum atomic E-state index is 11.1. The number of halogens is 1. The molecule has 0 fully saturated rings. The van der Waals surface area contributed by atoms with E-state index in [0.717, 1.165) is 0 Å². The number of nitrogens with two attached hydrogens (primary N) is 1. The van der Waals surface area contributed by atoms with Crippen molar-refractivity contribution in [2.24, 2.45) is 11.7 Å². The van der Waals surface area contributed by atoms with Gasteiger partial charge in [0.05, 0.1) is 0 Å². The van der Waals surface area contributed by atoms with E-state index < -0.39 is 11.2 Å². The van der Waals surface area contributed by atoms with E-state index in [9.17, 15) is 9.59 Å². The fourth-order valence-electron chi connectivity index (χ4n) is 1.09. The molecule has 78 valence electrons. The third-order valence-electron chi connectivity index (χ3n) is 1.91. The molecular formula is C8H12ClN3O2. The Kier molecular flexibility index (Phi) is 3.49. The molecule has 1 rings (SSSR count). The molecular weight excluding hydrogens is 206 g/mol. The second-order valence-corrected chi connectivity index (χ2v) is 3.62. The molecule has 0 radical (unpaired) electrons. The van der Waals surface area contributed by atoms with Crippen LogP contribution in [-0.4, -0.2) is 16.5 Å². The zero-order valence-electron chi connectivity index (χ0n) is 7.76. The molecule has 5 nitrogen and oxygen atoms in total. The highest BCUT2D eigenvalue weighted by atomic mass is 35.5. The molecule has 0 spiro atoms. The first kappa shape index (κ1) is 11.0. The van der Waals surface area contributed by atoms with Gasteiger partial charge >= 0.3 is 5.69 Å². The number of nitrogens with one attached hydrogen (secondary N) is 2. The molecule has 1 aromatic heterocycles. The molecule has 1 atom stereocenters. The minimum Gasteiger partial charge on any atom is -0.330 e. The quantitative estimate of drug-likeness (QED) is 0.658. The van der Waals surface area contributed by atoms with Crippen LogP contribution in [0.2, 0.25) is 5.02 Å². The average molecular weight is 218 g/mol. The van der Waals surface area contributed by atoms with Crippen LogP contribution in [0.5, 0.6) is 0 Å². The SMILES string of the molecule is CC(CN)Cc1[nH]c(=O)[nH]c(=O)c1Cl. The summed E-state index contributed by atoms with van der Waals surface area (Å²) in [6.07, 6.45) is 0.495. The first-order valence-corrected chi connectivity index (χ1v) is 4.63. The second kappa shape index (κ2) is 4.43. The van der Waals surface area contributed by atoms with Crippen LogP contribution < -0.4 is 17.0 Å². The van der Waals surface area contributed by atoms with Gasteiger partial charge in [0.2, 0.25) is 0 Å². The summed E-state index contributed by atoms with van der Waals surface area (Å²) in [5.41, 5.74) is 4.76. The molecule has 14 heavy (non-hydrogen) atoms. The van der Waals surface area contributed by atoms with Crippen LogP contribution in [0.3, 0.4) is 0 Å². The molecule has 0 amide bonds. The third kappa shape index (κ3) is 2.46. The predicted octanol–water partition coefficient (Wildman–Crippen LogP) is -0.146. The predicted molar refractivity (Wildman–Crippen MR) is 54.6 cm³/mol. The summed E-state index contributed by atoms with van der Waals surface area (Å²) in [5, 5.41) is 0.0323. The number of hydrogen-bond donors (Lipinski definition) is 3. The molecule has 0 aromatic carbocycles. The second-order valence-electron chi connectivity index (χ2n) is 3.25. The number of aromatic amines is 2. The highest BCUT2D eigenvalue weighted by Crippen LogP contribution is 2.10. The number of rotatable bonds is 3. The molecule has 6 heteroatoms. The van der Waals surface area contributed by atoms with Gasteiger partial charge < -0.3 is 10.7 Å². The van der Waals surface area contributed by atoms with Gasteiger partial charge in [0, 0.05) is 5.69 Å². The molecule has 1 unspecified atom stereocenters. The zero-order valence-corrected chi connectivity index (χ0v) is 8.52. The Bertz CT molecular complexity index is 423. The topological polar surface area (TPSA) is 91.7 Å². The monoisotopic (exact) mass is 217 g/mol. The summed E-state index contributed by atoms with van der Waals surface area (Å²) in [6, 6.07) is 0. The number of H-pyrrole nitrogens is 2. The lowest BCUT2D eigenvalue weighted by atomic mass is 10.1. The Morgan fingerprint density at radius 1 is 1.43 bits per heavy atom. The van der Waals surface area contributed by atoms with E-state index in [1.54, 1.807) is 0 Å². The van der Waals surface area contributed by atoms with E-state index in [1.807, 2.05) is 11.9 Å². The maximum absolute atomic E-state index is 11.1. The Labute approximate surface area is 85.3 Å². The number of hydrogen-bond acceptors (Lipinski definition) is 3. The van der Waals surface area contributed by atoms with Gasteiger partial charge in [0.1, 0.15) is 5.02 Å². The number of aromatic nitrogens is 2. The van der Waals surface area contributed by atoms with E-state index in [4.69, 9.17) is 17.3 Å². The summed E-state index contributed by atoms with van der Waals surface area (Å²) >= 11 is 5.71. The Morgan fingerprint density at radius 3 is 2.64 bits per heavy atom. The van der Waals surface area contributed by atoms with Crippen LogP contribution >= 0.6 is 11.6 Å². The van der Waals surface area contributed by atoms with Crippen molar-refractivity contribution in [3.05, 3.63) is 31.6 Å². The van der Waals surface area contributed by atoms with E-state index in [1.165, 1.54) is 0 Å². The zero-order chi connectivity index (χ0) is 10.7. The van der Waals surface area contributed by atoms with Gasteiger partial charge in [-0.1, -0.05) is 18.5 Å². The molecule has 0 aliphatic rings. The first-order chi connectivity index (χ1) is 6.54. The van der Waals surface area contributed by atoms with Gasteiger partial charge in [-0.2, -0.15) is 0 Å². The van der Waals surface area contributed by atoms with Crippen LogP contribution in [0, 0.1) is 5.92 Å². The molecule has 1 heterocycles. The van der Waals surface area contributed by atoms with E-state index >= 15 is 0 Å². The highest BCUT2D eigenvalue weighted by Gasteiger charge is 2.09. The van der Waals surface area contributed by atoms with E-state index in [-0.39, 0.29) is 10.9 Å².